The average molecular weight is 613 g/mol. The molecule has 2 aliphatic rings. The van der Waals surface area contributed by atoms with Gasteiger partial charge in [-0.15, -0.1) is 11.3 Å². The molecule has 3 aromatic carbocycles. The number of nitrogens with one attached hydrogen (secondary N) is 1. The van der Waals surface area contributed by atoms with Crippen molar-refractivity contribution in [1.82, 2.24) is 10.2 Å². The third-order valence-corrected chi connectivity index (χ3v) is 9.31. The van der Waals surface area contributed by atoms with Crippen LogP contribution >= 0.6 is 11.3 Å². The molecule has 1 N–H and O–H groups in total. The van der Waals surface area contributed by atoms with Gasteiger partial charge in [0, 0.05) is 61.0 Å². The second-order valence-electron chi connectivity index (χ2n) is 11.3. The zero-order chi connectivity index (χ0) is 30.1. The van der Waals surface area contributed by atoms with Crippen LogP contribution in [0.5, 0.6) is 5.75 Å². The second-order valence-corrected chi connectivity index (χ2v) is 12.3. The minimum Gasteiger partial charge on any atom is -0.494 e. The lowest BCUT2D eigenvalue weighted by Crippen LogP contribution is -2.46. The molecule has 0 atom stereocenters. The van der Waals surface area contributed by atoms with Crippen LogP contribution in [0.25, 0.3) is 10.1 Å². The molecule has 0 saturated carbocycles. The van der Waals surface area contributed by atoms with Gasteiger partial charge in [-0.05, 0) is 73.0 Å². The number of thiophene rings is 1. The molecule has 1 saturated heterocycles. The molecule has 4 aromatic rings. The van der Waals surface area contributed by atoms with Gasteiger partial charge in [0.15, 0.2) is 6.73 Å². The monoisotopic (exact) mass is 612 g/mol. The molecule has 1 fully saturated rings. The number of aryl methyl sites for hydroxylation is 1. The van der Waals surface area contributed by atoms with Crippen LogP contribution in [-0.4, -0.2) is 69.5 Å². The van der Waals surface area contributed by atoms with Crippen LogP contribution in [-0.2, 0) is 22.4 Å². The zero-order valence-electron chi connectivity index (χ0n) is 25.1. The van der Waals surface area contributed by atoms with E-state index < -0.39 is 6.09 Å². The highest BCUT2D eigenvalue weighted by molar-refractivity contribution is 7.17. The molecule has 3 heterocycles. The average Bonchev–Trinajstić information content (AvgIpc) is 3.54. The lowest BCUT2D eigenvalue weighted by Gasteiger charge is -2.36. The Labute approximate surface area is 263 Å². The molecule has 6 rings (SSSR count). The maximum absolute atomic E-state index is 12.7. The Morgan fingerprint density at radius 3 is 2.61 bits per heavy atom. The Morgan fingerprint density at radius 1 is 0.886 bits per heavy atom. The molecule has 0 unspecified atom stereocenters. The van der Waals surface area contributed by atoms with E-state index in [9.17, 15) is 9.59 Å². The van der Waals surface area contributed by atoms with Gasteiger partial charge in [-0.3, -0.25) is 14.6 Å². The highest BCUT2D eigenvalue weighted by atomic mass is 32.1. The van der Waals surface area contributed by atoms with Crippen LogP contribution in [0.2, 0.25) is 0 Å². The number of amides is 2. The molecule has 0 aliphatic carbocycles. The zero-order valence-corrected chi connectivity index (χ0v) is 25.9. The van der Waals surface area contributed by atoms with E-state index in [1.165, 1.54) is 15.8 Å². The standard InChI is InChI=1S/C35H40N4O4S/c40-34-14-12-28-11-13-29(25-32(28)39(34)26-43-35(41)36-17-15-27-7-2-1-3-8-27)42-23-5-4-18-37-19-21-38(22-20-37)31-9-6-10-33-30(31)16-24-44-33/h1-3,6-11,13,16,24-25H,4-5,12,14-15,17-23,26H2,(H,36,41). The van der Waals surface area contributed by atoms with Crippen LogP contribution in [0.15, 0.2) is 78.2 Å². The van der Waals surface area contributed by atoms with Crippen molar-refractivity contribution in [3.05, 3.63) is 89.3 Å². The molecule has 2 aliphatic heterocycles. The summed E-state index contributed by atoms with van der Waals surface area (Å²) in [6, 6.07) is 24.7. The molecule has 0 bridgehead atoms. The third kappa shape index (κ3) is 7.52. The summed E-state index contributed by atoms with van der Waals surface area (Å²) in [4.78, 5) is 31.6. The summed E-state index contributed by atoms with van der Waals surface area (Å²) in [5.74, 6) is 0.672. The van der Waals surface area contributed by atoms with E-state index in [2.05, 4.69) is 44.8 Å². The number of piperazine rings is 1. The predicted molar refractivity (Wildman–Crippen MR) is 177 cm³/mol. The van der Waals surface area contributed by atoms with Crippen LogP contribution in [0.4, 0.5) is 16.2 Å². The Balaban J connectivity index is 0.917. The molecule has 1 aromatic heterocycles. The van der Waals surface area contributed by atoms with Crippen molar-refractivity contribution in [2.45, 2.75) is 32.1 Å². The van der Waals surface area contributed by atoms with Crippen molar-refractivity contribution in [2.75, 3.05) is 62.4 Å². The number of anilines is 2. The van der Waals surface area contributed by atoms with Gasteiger partial charge in [-0.1, -0.05) is 42.5 Å². The summed E-state index contributed by atoms with van der Waals surface area (Å²) in [5.41, 5.74) is 4.31. The van der Waals surface area contributed by atoms with Crippen LogP contribution < -0.4 is 19.9 Å². The maximum Gasteiger partial charge on any atom is 0.408 e. The number of carbonyl (C=O) groups is 2. The number of nitrogens with zero attached hydrogens (tertiary/aromatic N) is 3. The summed E-state index contributed by atoms with van der Waals surface area (Å²) in [5, 5.41) is 6.31. The number of alkyl carbamates (subject to hydrolysis) is 1. The fourth-order valence-corrected chi connectivity index (χ4v) is 6.78. The van der Waals surface area contributed by atoms with E-state index in [1.807, 2.05) is 48.5 Å². The minimum atomic E-state index is -0.533. The first-order valence-corrected chi connectivity index (χ1v) is 16.5. The highest BCUT2D eigenvalue weighted by Gasteiger charge is 2.26. The number of hydrogen-bond donors (Lipinski definition) is 1. The minimum absolute atomic E-state index is 0.0566. The first-order chi connectivity index (χ1) is 21.6. The first kappa shape index (κ1) is 30.0. The van der Waals surface area contributed by atoms with Crippen LogP contribution in [0, 0.1) is 0 Å². The lowest BCUT2D eigenvalue weighted by atomic mass is 10.0. The summed E-state index contributed by atoms with van der Waals surface area (Å²) in [6.07, 6.45) is 3.28. The van der Waals surface area contributed by atoms with Gasteiger partial charge in [0.1, 0.15) is 5.75 Å². The van der Waals surface area contributed by atoms with E-state index in [1.54, 1.807) is 16.2 Å². The number of unbranched alkanes of at least 4 members (excludes halogenated alkanes) is 1. The van der Waals surface area contributed by atoms with Crippen LogP contribution in [0.3, 0.4) is 0 Å². The Bertz CT molecular complexity index is 1550. The van der Waals surface area contributed by atoms with Gasteiger partial charge < -0.3 is 19.7 Å². The van der Waals surface area contributed by atoms with Gasteiger partial charge in [0.05, 0.1) is 12.3 Å². The van der Waals surface area contributed by atoms with E-state index in [-0.39, 0.29) is 12.6 Å². The summed E-state index contributed by atoms with van der Waals surface area (Å²) in [7, 11) is 0. The molecule has 0 radical (unpaired) electrons. The van der Waals surface area contributed by atoms with E-state index in [4.69, 9.17) is 9.47 Å². The number of rotatable bonds is 12. The number of hydrogen-bond acceptors (Lipinski definition) is 7. The van der Waals surface area contributed by atoms with E-state index >= 15 is 0 Å². The molecule has 2 amide bonds. The molecular formula is C35H40N4O4S. The second kappa shape index (κ2) is 14.6. The molecule has 9 heteroatoms. The van der Waals surface area contributed by atoms with Crippen molar-refractivity contribution in [3.8, 4) is 5.75 Å². The molecule has 0 spiro atoms. The summed E-state index contributed by atoms with van der Waals surface area (Å²) < 4.78 is 12.9. The molecule has 230 valence electrons. The fourth-order valence-electron chi connectivity index (χ4n) is 5.97. The predicted octanol–water partition coefficient (Wildman–Crippen LogP) is 6.09. The third-order valence-electron chi connectivity index (χ3n) is 8.43. The quantitative estimate of drug-likeness (QED) is 0.195. The molecular weight excluding hydrogens is 572 g/mol. The summed E-state index contributed by atoms with van der Waals surface area (Å²) in [6.45, 7) is 6.27. The fraction of sp³-hybridized carbons (Fsp3) is 0.371. The van der Waals surface area contributed by atoms with Crippen LogP contribution in [0.1, 0.15) is 30.4 Å². The highest BCUT2D eigenvalue weighted by Crippen LogP contribution is 2.32. The number of fused-ring (bicyclic) bond motifs is 2. The molecule has 44 heavy (non-hydrogen) atoms. The topological polar surface area (TPSA) is 74.3 Å². The van der Waals surface area contributed by atoms with Crippen molar-refractivity contribution in [3.63, 3.8) is 0 Å². The van der Waals surface area contributed by atoms with Gasteiger partial charge in [0.25, 0.3) is 0 Å². The lowest BCUT2D eigenvalue weighted by molar-refractivity contribution is -0.119. The smallest absolute Gasteiger partial charge is 0.408 e. The van der Waals surface area contributed by atoms with Crippen molar-refractivity contribution >= 4 is 44.8 Å². The normalized spacial score (nSPS) is 15.3. The van der Waals surface area contributed by atoms with Crippen molar-refractivity contribution < 1.29 is 19.1 Å². The molecule has 8 nitrogen and oxygen atoms in total. The largest absolute Gasteiger partial charge is 0.494 e. The Morgan fingerprint density at radius 2 is 1.75 bits per heavy atom. The van der Waals surface area contributed by atoms with Crippen molar-refractivity contribution in [2.24, 2.45) is 0 Å². The van der Waals surface area contributed by atoms with Crippen molar-refractivity contribution in [1.29, 1.82) is 0 Å². The van der Waals surface area contributed by atoms with Gasteiger partial charge in [0.2, 0.25) is 5.91 Å². The van der Waals surface area contributed by atoms with E-state index in [0.717, 1.165) is 68.1 Å². The Hall–Kier alpha value is -4.08. The van der Waals surface area contributed by atoms with Gasteiger partial charge in [-0.25, -0.2) is 4.79 Å². The maximum atomic E-state index is 12.7. The first-order valence-electron chi connectivity index (χ1n) is 15.6. The Kier molecular flexibility index (Phi) is 9.94. The SMILES string of the molecule is O=C(NCCc1ccccc1)OCN1C(=O)CCc2ccc(OCCCCN3CCN(c4cccc5sccc45)CC3)cc21. The van der Waals surface area contributed by atoms with E-state index in [0.29, 0.717) is 32.4 Å². The van der Waals surface area contributed by atoms with Gasteiger partial charge >= 0.3 is 6.09 Å². The number of benzene rings is 3. The van der Waals surface area contributed by atoms with Gasteiger partial charge in [-0.2, -0.15) is 0 Å². The summed E-state index contributed by atoms with van der Waals surface area (Å²) >= 11 is 1.81. The number of ether oxygens (including phenoxy) is 2. The number of carbonyl (C=O) groups excluding carboxylic acids is 2.